The van der Waals surface area contributed by atoms with E-state index in [4.69, 9.17) is 40.7 Å². The zero-order valence-corrected chi connectivity index (χ0v) is 94.0. The Morgan fingerprint density at radius 1 is 0.235 bits per heavy atom. The summed E-state index contributed by atoms with van der Waals surface area (Å²) >= 11 is 0. The average molecular weight is 1930 g/mol. The van der Waals surface area contributed by atoms with Gasteiger partial charge in [0.05, 0.1) is 19.8 Å². The summed E-state index contributed by atoms with van der Waals surface area (Å²) in [6.45, 7) is 46.1. The Balaban J connectivity index is 1.43. The Hall–Kier alpha value is -4.71. The molecule has 0 amide bonds. The molecule has 0 heterocycles. The van der Waals surface area contributed by atoms with Crippen LogP contribution in [0.25, 0.3) is 0 Å². The van der Waals surface area contributed by atoms with Gasteiger partial charge in [0, 0.05) is 22.6 Å². The van der Waals surface area contributed by atoms with Crippen molar-refractivity contribution in [1.82, 2.24) is 0 Å². The van der Waals surface area contributed by atoms with Gasteiger partial charge in [-0.2, -0.15) is 0 Å². The first-order valence-corrected chi connectivity index (χ1v) is 60.3. The molecular weight excluding hydrogens is 1730 g/mol. The van der Waals surface area contributed by atoms with E-state index >= 15 is 0 Å². The first-order valence-electron chi connectivity index (χ1n) is 57.0. The van der Waals surface area contributed by atoms with Crippen LogP contribution in [0.1, 0.15) is 562 Å². The first-order chi connectivity index (χ1) is 65.9. The second-order valence-corrected chi connectivity index (χ2v) is 47.2. The second-order valence-electron chi connectivity index (χ2n) is 44.0. The van der Waals surface area contributed by atoms with Crippen molar-refractivity contribution in [3.63, 3.8) is 0 Å². The highest BCUT2D eigenvalue weighted by Crippen LogP contribution is 2.53. The second kappa shape index (κ2) is 72.5. The smallest absolute Gasteiger partial charge is 0.426 e. The number of hydrogen-bond acceptors (Lipinski definition) is 9. The number of unbranched alkanes of at least 4 members (excludes halogenated alkanes) is 51. The van der Waals surface area contributed by atoms with Crippen LogP contribution in [-0.2, 0) is 49.1 Å². The van der Waals surface area contributed by atoms with Crippen molar-refractivity contribution in [2.75, 3.05) is 19.8 Å². The van der Waals surface area contributed by atoms with Gasteiger partial charge in [-0.05, 0) is 212 Å². The average Bonchev–Trinajstić information content (AvgIpc) is 0.756. The van der Waals surface area contributed by atoms with E-state index in [0.717, 1.165) is 128 Å². The van der Waals surface area contributed by atoms with Crippen molar-refractivity contribution < 1.29 is 40.7 Å². The van der Waals surface area contributed by atoms with Crippen LogP contribution >= 0.6 is 25.8 Å². The maximum Gasteiger partial charge on any atom is 0.530 e. The molecule has 0 aliphatic heterocycles. The molecule has 6 aromatic carbocycles. The minimum atomic E-state index is -1.99. The predicted octanol–water partition coefficient (Wildman–Crippen LogP) is 42.9. The Kier molecular flexibility index (Phi) is 64.0. The molecule has 0 saturated heterocycles. The first kappa shape index (κ1) is 120. The van der Waals surface area contributed by atoms with E-state index in [1.54, 1.807) is 0 Å². The van der Waals surface area contributed by atoms with E-state index in [9.17, 15) is 0 Å². The zero-order valence-electron chi connectivity index (χ0n) is 91.3. The van der Waals surface area contributed by atoms with Gasteiger partial charge in [-0.1, -0.05) is 493 Å². The largest absolute Gasteiger partial charge is 0.530 e. The minimum Gasteiger partial charge on any atom is -0.426 e. The molecule has 0 spiro atoms. The molecule has 0 saturated carbocycles. The van der Waals surface area contributed by atoms with Crippen molar-refractivity contribution >= 4 is 25.8 Å². The third kappa shape index (κ3) is 51.5. The van der Waals surface area contributed by atoms with E-state index in [-0.39, 0.29) is 28.1 Å². The molecule has 9 nitrogen and oxygen atoms in total. The molecule has 3 unspecified atom stereocenters. The summed E-state index contributed by atoms with van der Waals surface area (Å²) < 4.78 is 64.2. The maximum absolute atomic E-state index is 7.42. The predicted molar refractivity (Wildman–Crippen MR) is 595 cm³/mol. The van der Waals surface area contributed by atoms with E-state index in [1.807, 2.05) is 0 Å². The number of rotatable bonds is 83. The van der Waals surface area contributed by atoms with Gasteiger partial charge >= 0.3 is 25.8 Å². The number of aryl methyl sites for hydroxylation is 6. The van der Waals surface area contributed by atoms with E-state index in [1.165, 1.54) is 365 Å². The summed E-state index contributed by atoms with van der Waals surface area (Å²) in [5.41, 5.74) is 13.7. The van der Waals surface area contributed by atoms with Crippen molar-refractivity contribution in [2.24, 2.45) is 0 Å². The molecule has 0 fully saturated rings. The Morgan fingerprint density at radius 3 is 0.728 bits per heavy atom. The number of benzene rings is 6. The summed E-state index contributed by atoms with van der Waals surface area (Å²) in [6.07, 6.45) is 77.4. The fourth-order valence-electron chi connectivity index (χ4n) is 19.4. The molecule has 0 N–H and O–H groups in total. The fraction of sp³-hybridized carbons (Fsp3) is 0.710. The van der Waals surface area contributed by atoms with E-state index < -0.39 is 25.8 Å². The molecule has 12 heteroatoms. The summed E-state index contributed by atoms with van der Waals surface area (Å²) in [7, 11) is -5.54. The van der Waals surface area contributed by atoms with Crippen LogP contribution < -0.4 is 27.1 Å². The monoisotopic (exact) mass is 1930 g/mol. The van der Waals surface area contributed by atoms with Crippen molar-refractivity contribution in [1.29, 1.82) is 0 Å². The van der Waals surface area contributed by atoms with Gasteiger partial charge in [0.2, 0.25) is 0 Å². The quantitative estimate of drug-likeness (QED) is 0.0274. The van der Waals surface area contributed by atoms with Crippen molar-refractivity contribution in [3.05, 3.63) is 176 Å². The van der Waals surface area contributed by atoms with Gasteiger partial charge in [0.1, 0.15) is 34.5 Å². The molecule has 0 aromatic heterocycles. The van der Waals surface area contributed by atoms with Gasteiger partial charge in [0.25, 0.3) is 0 Å². The highest BCUT2D eigenvalue weighted by atomic mass is 31.2. The normalized spacial score (nSPS) is 12.8. The Bertz CT molecular complexity index is 3910. The lowest BCUT2D eigenvalue weighted by Crippen LogP contribution is -2.19. The van der Waals surface area contributed by atoms with Crippen LogP contribution in [0, 0.1) is 20.8 Å². The van der Waals surface area contributed by atoms with Crippen molar-refractivity contribution in [2.45, 2.75) is 551 Å². The SMILES string of the molecule is CCCCCCCCCCCCCCCOP(OCCCCCCCCCCCCCCC)Oc1cc(C)c(C(CC(C)c2cc(C(C)(C)C)c(OP(Oc3cccc(CCCCCCCC)c3)Oc3cccc(CCCCCCCC)c3)cc2C)c2cc(C(C)(C)C)c(OP(OCCCCCCCCCCCCCCC)Oc3cccc(CCCCCCCC)c3)cc2C)cc1C(C)(C)C. The summed E-state index contributed by atoms with van der Waals surface area (Å²) in [4.78, 5) is 0. The van der Waals surface area contributed by atoms with Gasteiger partial charge in [0.15, 0.2) is 0 Å². The maximum atomic E-state index is 7.42. The lowest BCUT2D eigenvalue weighted by Gasteiger charge is -2.33. The molecule has 136 heavy (non-hydrogen) atoms. The van der Waals surface area contributed by atoms with Crippen molar-refractivity contribution in [3.8, 4) is 34.5 Å². The molecule has 6 rings (SSSR count). The van der Waals surface area contributed by atoms with Crippen LogP contribution in [0.15, 0.2) is 109 Å². The molecule has 0 radical (unpaired) electrons. The van der Waals surface area contributed by atoms with Gasteiger partial charge in [-0.25, -0.2) is 0 Å². The van der Waals surface area contributed by atoms with Crippen LogP contribution in [0.4, 0.5) is 0 Å². The molecule has 0 bridgehead atoms. The van der Waals surface area contributed by atoms with Gasteiger partial charge in [-0.15, -0.1) is 0 Å². The van der Waals surface area contributed by atoms with Crippen LogP contribution in [0.3, 0.4) is 0 Å². The van der Waals surface area contributed by atoms with Crippen LogP contribution in [0.5, 0.6) is 34.5 Å². The zero-order chi connectivity index (χ0) is 98.1. The van der Waals surface area contributed by atoms with Gasteiger partial charge < -0.3 is 36.2 Å². The summed E-state index contributed by atoms with van der Waals surface area (Å²) in [5, 5.41) is 0. The fourth-order valence-corrected chi connectivity index (χ4v) is 22.4. The molecule has 3 atom stereocenters. The van der Waals surface area contributed by atoms with Gasteiger partial charge in [-0.3, -0.25) is 4.52 Å². The lowest BCUT2D eigenvalue weighted by molar-refractivity contribution is 0.197. The molecular formula is C124H205O9P3. The Morgan fingerprint density at radius 2 is 0.456 bits per heavy atom. The molecule has 6 aromatic rings. The van der Waals surface area contributed by atoms with E-state index in [0.29, 0.717) is 19.8 Å². The third-order valence-corrected chi connectivity index (χ3v) is 31.2. The Labute approximate surface area is 842 Å². The summed E-state index contributed by atoms with van der Waals surface area (Å²) in [6, 6.07) is 40.6. The van der Waals surface area contributed by atoms with Crippen LogP contribution in [0.2, 0.25) is 0 Å². The molecule has 0 aliphatic rings. The standard InChI is InChI=1S/C124H205O9P3/c1-20-26-32-38-44-47-50-53-56-59-62-68-74-89-125-134(126-90-75-69-63-60-57-54-51-48-45-39-33-27-21-2)131-119-94-104(9)113(100-117(119)123(14,15)16)115(114-101-118(124(17,18)19)120(95-105(114)10)132-135(127-91-76-70-64-61-58-55-52-49-46-40-34-28-22-3)128-109-86-77-83-106(96-109)80-71-65-41-35-29-23-4)92-102(7)112-99-116(122(11,12)13)121(93-103(112)8)133-136(129-110-87-78-84-107(97-110)81-72-66-42-36-30-24-5)130-111-88-79-85-108(98-111)82-73-67-43-37-31-25-6/h77-79,83-88,93-102,115H,20-76,80-82,89-92H2,1-19H3. The van der Waals surface area contributed by atoms with Crippen LogP contribution in [-0.4, -0.2) is 19.8 Å². The molecule has 0 aliphatic carbocycles. The highest BCUT2D eigenvalue weighted by molar-refractivity contribution is 7.43. The summed E-state index contributed by atoms with van der Waals surface area (Å²) in [5.74, 6) is 4.80. The minimum absolute atomic E-state index is 0.0705. The lowest BCUT2D eigenvalue weighted by atomic mass is 9.74. The molecule has 770 valence electrons. The topological polar surface area (TPSA) is 83.1 Å². The number of hydrogen-bond donors (Lipinski definition) is 0. The highest BCUT2D eigenvalue weighted by Gasteiger charge is 2.35. The van der Waals surface area contributed by atoms with E-state index in [2.05, 4.69) is 241 Å². The third-order valence-electron chi connectivity index (χ3n) is 27.9.